The van der Waals surface area contributed by atoms with E-state index in [1.807, 2.05) is 18.2 Å². The topological polar surface area (TPSA) is 59.6 Å². The lowest BCUT2D eigenvalue weighted by atomic mass is 10.1. The van der Waals surface area contributed by atoms with Crippen molar-refractivity contribution in [1.82, 2.24) is 10.6 Å². The Morgan fingerprint density at radius 2 is 2.20 bits per heavy atom. The van der Waals surface area contributed by atoms with E-state index in [9.17, 15) is 4.79 Å². The summed E-state index contributed by atoms with van der Waals surface area (Å²) >= 11 is 0. The third-order valence-electron chi connectivity index (χ3n) is 3.32. The summed E-state index contributed by atoms with van der Waals surface area (Å²) in [7, 11) is 3.22. The van der Waals surface area contributed by atoms with E-state index >= 15 is 0 Å². The van der Waals surface area contributed by atoms with E-state index in [-0.39, 0.29) is 24.4 Å². The highest BCUT2D eigenvalue weighted by molar-refractivity contribution is 5.85. The number of hydrogen-bond acceptors (Lipinski definition) is 4. The quantitative estimate of drug-likeness (QED) is 0.865. The minimum Gasteiger partial charge on any atom is -0.497 e. The first-order chi connectivity index (χ1) is 9.24. The highest BCUT2D eigenvalue weighted by atomic mass is 35.5. The second kappa shape index (κ2) is 7.97. The van der Waals surface area contributed by atoms with Gasteiger partial charge >= 0.3 is 0 Å². The third kappa shape index (κ3) is 4.02. The smallest absolute Gasteiger partial charge is 0.237 e. The maximum atomic E-state index is 11.9. The van der Waals surface area contributed by atoms with E-state index in [0.717, 1.165) is 36.4 Å². The van der Waals surface area contributed by atoms with Crippen molar-refractivity contribution in [2.24, 2.45) is 0 Å². The van der Waals surface area contributed by atoms with Crippen molar-refractivity contribution in [3.63, 3.8) is 0 Å². The largest absolute Gasteiger partial charge is 0.497 e. The zero-order valence-electron chi connectivity index (χ0n) is 11.8. The average Bonchev–Trinajstić information content (AvgIpc) is 2.98. The van der Waals surface area contributed by atoms with E-state index in [1.165, 1.54) is 0 Å². The summed E-state index contributed by atoms with van der Waals surface area (Å²) in [5, 5.41) is 6.11. The molecule has 1 aromatic carbocycles. The molecule has 0 radical (unpaired) electrons. The zero-order chi connectivity index (χ0) is 13.7. The number of carbonyl (C=O) groups is 1. The molecule has 1 atom stereocenters. The Morgan fingerprint density at radius 3 is 2.80 bits per heavy atom. The lowest BCUT2D eigenvalue weighted by molar-refractivity contribution is -0.122. The van der Waals surface area contributed by atoms with Crippen LogP contribution in [0.3, 0.4) is 0 Å². The molecule has 2 N–H and O–H groups in total. The molecule has 0 aliphatic carbocycles. The Balaban J connectivity index is 0.00000200. The first kappa shape index (κ1) is 16.6. The van der Waals surface area contributed by atoms with Gasteiger partial charge in [0.05, 0.1) is 20.3 Å². The second-order valence-corrected chi connectivity index (χ2v) is 4.54. The highest BCUT2D eigenvalue weighted by Crippen LogP contribution is 2.24. The van der Waals surface area contributed by atoms with Crippen molar-refractivity contribution < 1.29 is 14.3 Å². The molecule has 0 aromatic heterocycles. The third-order valence-corrected chi connectivity index (χ3v) is 3.32. The number of hydrogen-bond donors (Lipinski definition) is 2. The van der Waals surface area contributed by atoms with Gasteiger partial charge in [-0.3, -0.25) is 4.79 Å². The molecular weight excluding hydrogens is 280 g/mol. The predicted octanol–water partition coefficient (Wildman–Crippen LogP) is 1.49. The number of amides is 1. The predicted molar refractivity (Wildman–Crippen MR) is 79.7 cm³/mol. The van der Waals surface area contributed by atoms with Gasteiger partial charge in [-0.1, -0.05) is 0 Å². The van der Waals surface area contributed by atoms with Crippen LogP contribution in [0.25, 0.3) is 0 Å². The molecule has 0 unspecified atom stereocenters. The van der Waals surface area contributed by atoms with Gasteiger partial charge in [-0.25, -0.2) is 0 Å². The van der Waals surface area contributed by atoms with Gasteiger partial charge in [0.15, 0.2) is 0 Å². The van der Waals surface area contributed by atoms with Crippen LogP contribution in [0.1, 0.15) is 18.4 Å². The first-order valence-electron chi connectivity index (χ1n) is 6.46. The van der Waals surface area contributed by atoms with Crippen molar-refractivity contribution >= 4 is 18.3 Å². The molecule has 1 aliphatic rings. The lowest BCUT2D eigenvalue weighted by Gasteiger charge is -2.13. The molecular formula is C14H21ClN2O3. The first-order valence-corrected chi connectivity index (χ1v) is 6.46. The number of ether oxygens (including phenoxy) is 2. The number of methoxy groups -OCH3 is 2. The summed E-state index contributed by atoms with van der Waals surface area (Å²) in [6.45, 7) is 1.38. The van der Waals surface area contributed by atoms with Crippen LogP contribution in [0.5, 0.6) is 11.5 Å². The fraction of sp³-hybridized carbons (Fsp3) is 0.500. The van der Waals surface area contributed by atoms with Gasteiger partial charge in [-0.2, -0.15) is 0 Å². The van der Waals surface area contributed by atoms with Crippen molar-refractivity contribution in [3.05, 3.63) is 23.8 Å². The molecule has 1 heterocycles. The van der Waals surface area contributed by atoms with Gasteiger partial charge in [-0.15, -0.1) is 12.4 Å². The fourth-order valence-electron chi connectivity index (χ4n) is 2.21. The molecule has 1 amide bonds. The summed E-state index contributed by atoms with van der Waals surface area (Å²) in [6.07, 6.45) is 1.97. The monoisotopic (exact) mass is 300 g/mol. The summed E-state index contributed by atoms with van der Waals surface area (Å²) in [6, 6.07) is 5.52. The van der Waals surface area contributed by atoms with Crippen LogP contribution in [0.2, 0.25) is 0 Å². The Bertz CT molecular complexity index is 448. The summed E-state index contributed by atoms with van der Waals surface area (Å²) in [5.41, 5.74) is 0.939. The molecule has 0 saturated carbocycles. The fourth-order valence-corrected chi connectivity index (χ4v) is 2.21. The van der Waals surface area contributed by atoms with Gasteiger partial charge in [0, 0.05) is 18.2 Å². The van der Waals surface area contributed by atoms with Crippen molar-refractivity contribution in [3.8, 4) is 11.5 Å². The summed E-state index contributed by atoms with van der Waals surface area (Å²) in [5.74, 6) is 1.51. The molecule has 0 spiro atoms. The molecule has 1 saturated heterocycles. The summed E-state index contributed by atoms with van der Waals surface area (Å²) < 4.78 is 10.4. The number of carbonyl (C=O) groups excluding carboxylic acids is 1. The highest BCUT2D eigenvalue weighted by Gasteiger charge is 2.21. The van der Waals surface area contributed by atoms with Gasteiger partial charge in [0.1, 0.15) is 11.5 Å². The number of halogens is 1. The second-order valence-electron chi connectivity index (χ2n) is 4.54. The van der Waals surface area contributed by atoms with Crippen molar-refractivity contribution in [2.45, 2.75) is 25.4 Å². The number of nitrogens with one attached hydrogen (secondary N) is 2. The van der Waals surface area contributed by atoms with E-state index < -0.39 is 0 Å². The number of rotatable bonds is 5. The SMILES string of the molecule is COc1ccc(CNC(=O)[C@@H]2CCCN2)c(OC)c1.Cl. The minimum atomic E-state index is -0.0516. The molecule has 0 bridgehead atoms. The molecule has 112 valence electrons. The molecule has 20 heavy (non-hydrogen) atoms. The lowest BCUT2D eigenvalue weighted by Crippen LogP contribution is -2.40. The Morgan fingerprint density at radius 1 is 1.40 bits per heavy atom. The van der Waals surface area contributed by atoms with Crippen LogP contribution in [-0.4, -0.2) is 32.7 Å². The minimum absolute atomic E-state index is 0. The number of benzene rings is 1. The Labute approximate surface area is 125 Å². The van der Waals surface area contributed by atoms with Gasteiger partial charge in [-0.05, 0) is 31.5 Å². The molecule has 5 nitrogen and oxygen atoms in total. The van der Waals surface area contributed by atoms with Crippen molar-refractivity contribution in [1.29, 1.82) is 0 Å². The van der Waals surface area contributed by atoms with E-state index in [0.29, 0.717) is 6.54 Å². The van der Waals surface area contributed by atoms with Crippen LogP contribution in [0.4, 0.5) is 0 Å². The van der Waals surface area contributed by atoms with Gasteiger partial charge < -0.3 is 20.1 Å². The van der Waals surface area contributed by atoms with Crippen LogP contribution >= 0.6 is 12.4 Å². The maximum absolute atomic E-state index is 11.9. The van der Waals surface area contributed by atoms with Crippen LogP contribution in [0, 0.1) is 0 Å². The Kier molecular flexibility index (Phi) is 6.61. The Hall–Kier alpha value is -1.46. The molecule has 1 fully saturated rings. The molecule has 1 aromatic rings. The normalized spacial score (nSPS) is 17.2. The summed E-state index contributed by atoms with van der Waals surface area (Å²) in [4.78, 5) is 11.9. The molecule has 2 rings (SSSR count). The zero-order valence-corrected chi connectivity index (χ0v) is 12.6. The standard InChI is InChI=1S/C14H20N2O3.ClH/c1-18-11-6-5-10(13(8-11)19-2)9-16-14(17)12-4-3-7-15-12;/h5-6,8,12,15H,3-4,7,9H2,1-2H3,(H,16,17);1H/t12-;/m0./s1. The van der Waals surface area contributed by atoms with Crippen LogP contribution < -0.4 is 20.1 Å². The van der Waals surface area contributed by atoms with E-state index in [2.05, 4.69) is 10.6 Å². The van der Waals surface area contributed by atoms with E-state index in [1.54, 1.807) is 14.2 Å². The maximum Gasteiger partial charge on any atom is 0.237 e. The van der Waals surface area contributed by atoms with Crippen LogP contribution in [-0.2, 0) is 11.3 Å². The van der Waals surface area contributed by atoms with Gasteiger partial charge in [0.25, 0.3) is 0 Å². The van der Waals surface area contributed by atoms with Crippen molar-refractivity contribution in [2.75, 3.05) is 20.8 Å². The molecule has 1 aliphatic heterocycles. The van der Waals surface area contributed by atoms with Gasteiger partial charge in [0.2, 0.25) is 5.91 Å². The van der Waals surface area contributed by atoms with E-state index in [4.69, 9.17) is 9.47 Å². The van der Waals surface area contributed by atoms with Crippen LogP contribution in [0.15, 0.2) is 18.2 Å². The molecule has 6 heteroatoms. The average molecular weight is 301 g/mol.